The smallest absolute Gasteiger partial charge is 0.0499 e. The van der Waals surface area contributed by atoms with Gasteiger partial charge in [-0.1, -0.05) is 61.7 Å². The molecule has 128 valence electrons. The Hall–Kier alpha value is -1.09. The maximum Gasteiger partial charge on any atom is 0.0499 e. The average Bonchev–Trinajstić information content (AvgIpc) is 2.54. The molecule has 0 aliphatic rings. The molecule has 1 unspecified atom stereocenters. The number of hydrogen-bond acceptors (Lipinski definition) is 2. The van der Waals surface area contributed by atoms with E-state index in [0.717, 1.165) is 6.42 Å². The number of aliphatic hydroxyl groups is 1. The number of nitrogens with zero attached hydrogens (tertiary/aromatic N) is 1. The van der Waals surface area contributed by atoms with E-state index in [2.05, 4.69) is 61.5 Å². The van der Waals surface area contributed by atoms with Gasteiger partial charge in [0, 0.05) is 12.5 Å². The molecule has 0 radical (unpaired) electrons. The van der Waals surface area contributed by atoms with Gasteiger partial charge in [-0.15, -0.1) is 12.4 Å². The first kappa shape index (κ1) is 20.0. The zero-order valence-corrected chi connectivity index (χ0v) is 15.2. The van der Waals surface area contributed by atoms with Crippen molar-refractivity contribution in [2.24, 2.45) is 0 Å². The maximum absolute atomic E-state index is 9.81. The Morgan fingerprint density at radius 2 is 1.61 bits per heavy atom. The van der Waals surface area contributed by atoms with Crippen LogP contribution in [0.3, 0.4) is 0 Å². The molecule has 0 aliphatic heterocycles. The molecular weight excluding hydrogens is 306 g/mol. The lowest BCUT2D eigenvalue weighted by Gasteiger charge is -2.17. The van der Waals surface area contributed by atoms with Crippen LogP contribution in [0.15, 0.2) is 42.5 Å². The summed E-state index contributed by atoms with van der Waals surface area (Å²) in [5.41, 5.74) is 1.30. The van der Waals surface area contributed by atoms with Crippen molar-refractivity contribution < 1.29 is 5.11 Å². The largest absolute Gasteiger partial charge is 0.396 e. The van der Waals surface area contributed by atoms with Gasteiger partial charge in [-0.25, -0.2) is 0 Å². The number of fused-ring (bicyclic) bond motifs is 1. The Kier molecular flexibility index (Phi) is 9.23. The summed E-state index contributed by atoms with van der Waals surface area (Å²) in [7, 11) is 4.25. The topological polar surface area (TPSA) is 23.5 Å². The lowest BCUT2D eigenvalue weighted by molar-refractivity contribution is 0.257. The van der Waals surface area contributed by atoms with Crippen LogP contribution in [0.4, 0.5) is 0 Å². The summed E-state index contributed by atoms with van der Waals surface area (Å²) in [6.07, 6.45) is 6.08. The minimum Gasteiger partial charge on any atom is -0.396 e. The van der Waals surface area contributed by atoms with Gasteiger partial charge in [0.25, 0.3) is 0 Å². The molecule has 0 aromatic heterocycles. The third-order valence-electron chi connectivity index (χ3n) is 4.39. The molecule has 0 amide bonds. The van der Waals surface area contributed by atoms with Crippen LogP contribution in [0.25, 0.3) is 10.8 Å². The normalized spacial score (nSPS) is 12.3. The van der Waals surface area contributed by atoms with Gasteiger partial charge in [0.05, 0.1) is 0 Å². The van der Waals surface area contributed by atoms with Crippen molar-refractivity contribution in [3.8, 4) is 0 Å². The van der Waals surface area contributed by atoms with Crippen molar-refractivity contribution in [2.75, 3.05) is 27.2 Å². The van der Waals surface area contributed by atoms with Gasteiger partial charge in [-0.2, -0.15) is 0 Å². The second-order valence-electron chi connectivity index (χ2n) is 6.45. The quantitative estimate of drug-likeness (QED) is 0.662. The van der Waals surface area contributed by atoms with E-state index in [0.29, 0.717) is 0 Å². The molecule has 0 aliphatic carbocycles. The molecule has 2 rings (SSSR count). The second-order valence-corrected chi connectivity index (χ2v) is 6.45. The molecule has 0 saturated carbocycles. The molecule has 23 heavy (non-hydrogen) atoms. The molecule has 0 fully saturated rings. The van der Waals surface area contributed by atoms with E-state index >= 15 is 0 Å². The predicted octanol–water partition coefficient (Wildman–Crippen LogP) is 4.85. The zero-order chi connectivity index (χ0) is 15.8. The van der Waals surface area contributed by atoms with E-state index in [-0.39, 0.29) is 24.9 Å². The van der Waals surface area contributed by atoms with Crippen LogP contribution in [0.5, 0.6) is 0 Å². The van der Waals surface area contributed by atoms with E-state index in [4.69, 9.17) is 0 Å². The van der Waals surface area contributed by atoms with Gasteiger partial charge >= 0.3 is 0 Å². The number of aliphatic hydroxyl groups excluding tert-OH is 1. The summed E-state index contributed by atoms with van der Waals surface area (Å²) in [5, 5.41) is 12.4. The minimum absolute atomic E-state index is 0. The van der Waals surface area contributed by atoms with Crippen molar-refractivity contribution in [3.63, 3.8) is 0 Å². The molecule has 1 N–H and O–H groups in total. The SMILES string of the molecule is CN(C)CCCCCCC(CO)c1cccc2ccccc12.Cl. The number of halogens is 1. The summed E-state index contributed by atoms with van der Waals surface area (Å²) in [6.45, 7) is 1.42. The van der Waals surface area contributed by atoms with Gasteiger partial charge in [0.2, 0.25) is 0 Å². The van der Waals surface area contributed by atoms with Gasteiger partial charge in [-0.3, -0.25) is 0 Å². The third-order valence-corrected chi connectivity index (χ3v) is 4.39. The highest BCUT2D eigenvalue weighted by Gasteiger charge is 2.13. The Bertz CT molecular complexity index is 565. The fraction of sp³-hybridized carbons (Fsp3) is 0.500. The summed E-state index contributed by atoms with van der Waals surface area (Å²) >= 11 is 0. The molecule has 0 bridgehead atoms. The fourth-order valence-corrected chi connectivity index (χ4v) is 3.12. The van der Waals surface area contributed by atoms with Gasteiger partial charge < -0.3 is 10.0 Å². The molecule has 1 atom stereocenters. The monoisotopic (exact) mass is 335 g/mol. The third kappa shape index (κ3) is 6.14. The molecule has 3 heteroatoms. The highest BCUT2D eigenvalue weighted by atomic mass is 35.5. The van der Waals surface area contributed by atoms with Crippen molar-refractivity contribution >= 4 is 23.2 Å². The maximum atomic E-state index is 9.81. The molecule has 2 aromatic rings. The zero-order valence-electron chi connectivity index (χ0n) is 14.4. The first-order valence-electron chi connectivity index (χ1n) is 8.45. The van der Waals surface area contributed by atoms with E-state index in [1.165, 1.54) is 48.6 Å². The number of hydrogen-bond donors (Lipinski definition) is 1. The van der Waals surface area contributed by atoms with Crippen LogP contribution in [0.1, 0.15) is 43.6 Å². The summed E-state index contributed by atoms with van der Waals surface area (Å²) in [5.74, 6) is 0.264. The molecule has 0 saturated heterocycles. The van der Waals surface area contributed by atoms with E-state index in [1.807, 2.05) is 0 Å². The Morgan fingerprint density at radius 3 is 2.35 bits per heavy atom. The highest BCUT2D eigenvalue weighted by molar-refractivity contribution is 5.86. The second kappa shape index (κ2) is 10.6. The molecule has 0 spiro atoms. The average molecular weight is 336 g/mol. The lowest BCUT2D eigenvalue weighted by atomic mass is 9.90. The highest BCUT2D eigenvalue weighted by Crippen LogP contribution is 2.29. The standard InChI is InChI=1S/C20H29NO.ClH/c1-21(2)15-8-4-3-5-11-18(16-22)20-14-9-12-17-10-6-7-13-19(17)20;/h6-7,9-10,12-14,18,22H,3-5,8,11,15-16H2,1-2H3;1H. The van der Waals surface area contributed by atoms with Crippen molar-refractivity contribution in [2.45, 2.75) is 38.0 Å². The molecule has 2 aromatic carbocycles. The van der Waals surface area contributed by atoms with E-state index < -0.39 is 0 Å². The van der Waals surface area contributed by atoms with Crippen LogP contribution < -0.4 is 0 Å². The van der Waals surface area contributed by atoms with Crippen molar-refractivity contribution in [1.29, 1.82) is 0 Å². The summed E-state index contributed by atoms with van der Waals surface area (Å²) in [6, 6.07) is 14.9. The Labute approximate surface area is 146 Å². The first-order valence-corrected chi connectivity index (χ1v) is 8.45. The number of benzene rings is 2. The van der Waals surface area contributed by atoms with E-state index in [1.54, 1.807) is 0 Å². The van der Waals surface area contributed by atoms with Gasteiger partial charge in [0.1, 0.15) is 0 Å². The number of unbranched alkanes of at least 4 members (excludes halogenated alkanes) is 3. The Balaban J connectivity index is 0.00000264. The van der Waals surface area contributed by atoms with Gasteiger partial charge in [0.15, 0.2) is 0 Å². The fourth-order valence-electron chi connectivity index (χ4n) is 3.12. The number of rotatable bonds is 9. The van der Waals surface area contributed by atoms with Crippen molar-refractivity contribution in [3.05, 3.63) is 48.0 Å². The van der Waals surface area contributed by atoms with Crippen LogP contribution in [0, 0.1) is 0 Å². The predicted molar refractivity (Wildman–Crippen MR) is 103 cm³/mol. The molecule has 0 heterocycles. The van der Waals surface area contributed by atoms with Crippen LogP contribution in [-0.4, -0.2) is 37.3 Å². The van der Waals surface area contributed by atoms with Crippen molar-refractivity contribution in [1.82, 2.24) is 4.90 Å². The summed E-state index contributed by atoms with van der Waals surface area (Å²) < 4.78 is 0. The van der Waals surface area contributed by atoms with Crippen LogP contribution in [-0.2, 0) is 0 Å². The minimum atomic E-state index is 0. The molecular formula is C20H30ClNO. The summed E-state index contributed by atoms with van der Waals surface area (Å²) in [4.78, 5) is 2.24. The van der Waals surface area contributed by atoms with E-state index in [9.17, 15) is 5.11 Å². The van der Waals surface area contributed by atoms with Gasteiger partial charge in [-0.05, 0) is 49.8 Å². The van der Waals surface area contributed by atoms with Crippen LogP contribution >= 0.6 is 12.4 Å². The lowest BCUT2D eigenvalue weighted by Crippen LogP contribution is -2.12. The van der Waals surface area contributed by atoms with Crippen LogP contribution in [0.2, 0.25) is 0 Å². The first-order chi connectivity index (χ1) is 10.7. The Morgan fingerprint density at radius 1 is 0.913 bits per heavy atom. The molecule has 2 nitrogen and oxygen atoms in total.